The fraction of sp³-hybridized carbons (Fsp3) is 0.556. The lowest BCUT2D eigenvalue weighted by Gasteiger charge is -2.05. The molecule has 1 heterocycles. The van der Waals surface area contributed by atoms with Gasteiger partial charge in [-0.1, -0.05) is 6.92 Å². The van der Waals surface area contributed by atoms with Crippen LogP contribution in [0.15, 0.2) is 0 Å². The Balaban J connectivity index is 3.24. The zero-order valence-electron chi connectivity index (χ0n) is 7.60. The lowest BCUT2D eigenvalue weighted by atomic mass is 10.1. The number of hydrogen-bond acceptors (Lipinski definition) is 2. The third kappa shape index (κ3) is 1.56. The topological polar surface area (TPSA) is 25.8 Å². The molecule has 0 radical (unpaired) electrons. The van der Waals surface area contributed by atoms with Gasteiger partial charge in [0.1, 0.15) is 5.82 Å². The van der Waals surface area contributed by atoms with Crippen LogP contribution in [0.1, 0.15) is 29.7 Å². The third-order valence-electron chi connectivity index (χ3n) is 1.94. The number of rotatable bonds is 1. The van der Waals surface area contributed by atoms with Gasteiger partial charge in [-0.15, -0.1) is 0 Å². The second-order valence-electron chi connectivity index (χ2n) is 2.78. The SMILES string of the molecule is CCc1nc(C)nc(C)c1C. The predicted octanol–water partition coefficient (Wildman–Crippen LogP) is 1.96. The Bertz CT molecular complexity index is 267. The first-order valence-electron chi connectivity index (χ1n) is 3.96. The van der Waals surface area contributed by atoms with E-state index in [1.165, 1.54) is 11.3 Å². The van der Waals surface area contributed by atoms with Crippen LogP contribution < -0.4 is 0 Å². The van der Waals surface area contributed by atoms with Crippen LogP contribution in [-0.2, 0) is 6.42 Å². The largest absolute Gasteiger partial charge is 0.238 e. The molecule has 0 aromatic carbocycles. The highest BCUT2D eigenvalue weighted by Crippen LogP contribution is 2.08. The molecule has 0 unspecified atom stereocenters. The minimum atomic E-state index is 0.880. The number of aromatic nitrogens is 2. The molecule has 0 N–H and O–H groups in total. The average Bonchev–Trinajstić information content (AvgIpc) is 1.96. The van der Waals surface area contributed by atoms with E-state index in [1.807, 2.05) is 13.8 Å². The summed E-state index contributed by atoms with van der Waals surface area (Å²) in [6, 6.07) is 0. The standard InChI is InChI=1S/C9H14N2/c1-5-9-6(2)7(3)10-8(4)11-9/h5H2,1-4H3. The summed E-state index contributed by atoms with van der Waals surface area (Å²) in [7, 11) is 0. The van der Waals surface area contributed by atoms with Crippen molar-refractivity contribution in [3.8, 4) is 0 Å². The molecule has 0 aliphatic rings. The smallest absolute Gasteiger partial charge is 0.125 e. The van der Waals surface area contributed by atoms with Gasteiger partial charge < -0.3 is 0 Å². The van der Waals surface area contributed by atoms with E-state index in [0.29, 0.717) is 0 Å². The zero-order chi connectivity index (χ0) is 8.43. The van der Waals surface area contributed by atoms with Crippen LogP contribution in [0.4, 0.5) is 0 Å². The Morgan fingerprint density at radius 1 is 1.09 bits per heavy atom. The molecule has 60 valence electrons. The van der Waals surface area contributed by atoms with Crippen molar-refractivity contribution in [2.45, 2.75) is 34.1 Å². The number of hydrogen-bond donors (Lipinski definition) is 0. The molecule has 1 aromatic rings. The predicted molar refractivity (Wildman–Crippen MR) is 45.6 cm³/mol. The fourth-order valence-corrected chi connectivity index (χ4v) is 1.18. The van der Waals surface area contributed by atoms with Gasteiger partial charge in [-0.3, -0.25) is 0 Å². The molecule has 11 heavy (non-hydrogen) atoms. The maximum Gasteiger partial charge on any atom is 0.125 e. The van der Waals surface area contributed by atoms with Gasteiger partial charge in [-0.05, 0) is 32.8 Å². The van der Waals surface area contributed by atoms with Gasteiger partial charge >= 0.3 is 0 Å². The highest BCUT2D eigenvalue weighted by atomic mass is 14.9. The van der Waals surface area contributed by atoms with Crippen LogP contribution in [0.5, 0.6) is 0 Å². The quantitative estimate of drug-likeness (QED) is 0.611. The first-order valence-corrected chi connectivity index (χ1v) is 3.96. The normalized spacial score (nSPS) is 10.2. The van der Waals surface area contributed by atoms with Crippen molar-refractivity contribution >= 4 is 0 Å². The maximum absolute atomic E-state index is 4.34. The lowest BCUT2D eigenvalue weighted by Crippen LogP contribution is -2.00. The first kappa shape index (κ1) is 8.18. The van der Waals surface area contributed by atoms with Crippen molar-refractivity contribution in [3.63, 3.8) is 0 Å². The Hall–Kier alpha value is -0.920. The molecular formula is C9H14N2. The molecule has 2 heteroatoms. The van der Waals surface area contributed by atoms with E-state index >= 15 is 0 Å². The molecule has 0 spiro atoms. The van der Waals surface area contributed by atoms with E-state index in [2.05, 4.69) is 23.8 Å². The monoisotopic (exact) mass is 150 g/mol. The molecule has 0 saturated carbocycles. The van der Waals surface area contributed by atoms with Crippen molar-refractivity contribution in [1.29, 1.82) is 0 Å². The van der Waals surface area contributed by atoms with Gasteiger partial charge in [0.15, 0.2) is 0 Å². The van der Waals surface area contributed by atoms with Crippen molar-refractivity contribution in [2.75, 3.05) is 0 Å². The molecule has 0 aliphatic heterocycles. The molecule has 0 amide bonds. The first-order chi connectivity index (χ1) is 5.15. The highest BCUT2D eigenvalue weighted by Gasteiger charge is 2.02. The Morgan fingerprint density at radius 2 is 1.73 bits per heavy atom. The van der Waals surface area contributed by atoms with E-state index in [0.717, 1.165) is 17.9 Å². The molecule has 2 nitrogen and oxygen atoms in total. The highest BCUT2D eigenvalue weighted by molar-refractivity contribution is 5.22. The summed E-state index contributed by atoms with van der Waals surface area (Å²) < 4.78 is 0. The minimum absolute atomic E-state index is 0.880. The van der Waals surface area contributed by atoms with Crippen molar-refractivity contribution in [2.24, 2.45) is 0 Å². The fourth-order valence-electron chi connectivity index (χ4n) is 1.18. The van der Waals surface area contributed by atoms with Crippen LogP contribution in [-0.4, -0.2) is 9.97 Å². The van der Waals surface area contributed by atoms with Gasteiger partial charge in [0.2, 0.25) is 0 Å². The van der Waals surface area contributed by atoms with Crippen LogP contribution in [0.2, 0.25) is 0 Å². The molecular weight excluding hydrogens is 136 g/mol. The average molecular weight is 150 g/mol. The van der Waals surface area contributed by atoms with E-state index in [1.54, 1.807) is 0 Å². The second kappa shape index (κ2) is 2.99. The Labute approximate surface area is 67.7 Å². The van der Waals surface area contributed by atoms with Gasteiger partial charge in [0.25, 0.3) is 0 Å². The maximum atomic E-state index is 4.34. The zero-order valence-corrected chi connectivity index (χ0v) is 7.60. The van der Waals surface area contributed by atoms with E-state index < -0.39 is 0 Å². The summed E-state index contributed by atoms with van der Waals surface area (Å²) in [5, 5.41) is 0. The third-order valence-corrected chi connectivity index (χ3v) is 1.94. The van der Waals surface area contributed by atoms with Crippen LogP contribution in [0.3, 0.4) is 0 Å². The summed E-state index contributed by atoms with van der Waals surface area (Å²) in [6.45, 7) is 8.16. The van der Waals surface area contributed by atoms with Crippen LogP contribution in [0.25, 0.3) is 0 Å². The Morgan fingerprint density at radius 3 is 2.27 bits per heavy atom. The van der Waals surface area contributed by atoms with Crippen molar-refractivity contribution in [1.82, 2.24) is 9.97 Å². The van der Waals surface area contributed by atoms with Crippen LogP contribution >= 0.6 is 0 Å². The molecule has 0 bridgehead atoms. The molecule has 0 saturated heterocycles. The summed E-state index contributed by atoms with van der Waals surface area (Å²) in [4.78, 5) is 8.61. The summed E-state index contributed by atoms with van der Waals surface area (Å²) in [6.07, 6.45) is 0.996. The molecule has 1 rings (SSSR count). The van der Waals surface area contributed by atoms with Crippen molar-refractivity contribution < 1.29 is 0 Å². The van der Waals surface area contributed by atoms with E-state index in [4.69, 9.17) is 0 Å². The Kier molecular flexibility index (Phi) is 2.22. The van der Waals surface area contributed by atoms with Crippen molar-refractivity contribution in [3.05, 3.63) is 22.8 Å². The molecule has 0 fully saturated rings. The number of nitrogens with zero attached hydrogens (tertiary/aromatic N) is 2. The molecule has 0 aliphatic carbocycles. The van der Waals surface area contributed by atoms with E-state index in [-0.39, 0.29) is 0 Å². The minimum Gasteiger partial charge on any atom is -0.238 e. The summed E-state index contributed by atoms with van der Waals surface area (Å²) in [5.41, 5.74) is 3.52. The number of aryl methyl sites for hydroxylation is 3. The van der Waals surface area contributed by atoms with E-state index in [9.17, 15) is 0 Å². The van der Waals surface area contributed by atoms with Gasteiger partial charge in [0, 0.05) is 11.4 Å². The van der Waals surface area contributed by atoms with Gasteiger partial charge in [-0.25, -0.2) is 9.97 Å². The second-order valence-corrected chi connectivity index (χ2v) is 2.78. The molecule has 1 aromatic heterocycles. The summed E-state index contributed by atoms with van der Waals surface area (Å²) in [5.74, 6) is 0.880. The molecule has 0 atom stereocenters. The summed E-state index contributed by atoms with van der Waals surface area (Å²) >= 11 is 0. The lowest BCUT2D eigenvalue weighted by molar-refractivity contribution is 0.901. The van der Waals surface area contributed by atoms with Crippen LogP contribution in [0, 0.1) is 20.8 Å². The van der Waals surface area contributed by atoms with Gasteiger partial charge in [-0.2, -0.15) is 0 Å². The van der Waals surface area contributed by atoms with Gasteiger partial charge in [0.05, 0.1) is 0 Å².